The lowest BCUT2D eigenvalue weighted by molar-refractivity contribution is -0.130. The summed E-state index contributed by atoms with van der Waals surface area (Å²) in [6.45, 7) is 5.87. The molecule has 0 unspecified atom stereocenters. The van der Waals surface area contributed by atoms with E-state index in [9.17, 15) is 9.59 Å². The first-order valence-corrected chi connectivity index (χ1v) is 7.34. The number of benzene rings is 1. The summed E-state index contributed by atoms with van der Waals surface area (Å²) in [5.74, 6) is 0.0635. The molecule has 108 valence electrons. The molecule has 1 saturated heterocycles. The molecule has 0 atom stereocenters. The molecular weight excluding hydrogens is 322 g/mol. The molecule has 0 bridgehead atoms. The van der Waals surface area contributed by atoms with Gasteiger partial charge in [-0.3, -0.25) is 4.79 Å². The Balaban J connectivity index is 1.92. The van der Waals surface area contributed by atoms with Crippen molar-refractivity contribution in [3.05, 3.63) is 28.2 Å². The Morgan fingerprint density at radius 2 is 1.75 bits per heavy atom. The standard InChI is InChI=1S/C14H18BrN3O2/c1-10-9-12(3-4-13(10)15)16-14(20)18-7-5-17(6-8-18)11(2)19/h3-4,9H,5-8H2,1-2H3,(H,16,20). The Morgan fingerprint density at radius 1 is 1.15 bits per heavy atom. The minimum atomic E-state index is -0.116. The summed E-state index contributed by atoms with van der Waals surface area (Å²) in [5.41, 5.74) is 1.86. The Labute approximate surface area is 127 Å². The van der Waals surface area contributed by atoms with Crippen LogP contribution < -0.4 is 5.32 Å². The van der Waals surface area contributed by atoms with Crippen LogP contribution in [0.15, 0.2) is 22.7 Å². The van der Waals surface area contributed by atoms with E-state index in [1.54, 1.807) is 16.7 Å². The molecular formula is C14H18BrN3O2. The zero-order chi connectivity index (χ0) is 14.7. The molecule has 2 rings (SSSR count). The van der Waals surface area contributed by atoms with Crippen LogP contribution in [-0.4, -0.2) is 47.9 Å². The van der Waals surface area contributed by atoms with E-state index in [1.807, 2.05) is 25.1 Å². The number of carbonyl (C=O) groups is 2. The Morgan fingerprint density at radius 3 is 2.30 bits per heavy atom. The maximum absolute atomic E-state index is 12.1. The van der Waals surface area contributed by atoms with Crippen LogP contribution in [0.25, 0.3) is 0 Å². The molecule has 1 heterocycles. The minimum absolute atomic E-state index is 0.0635. The summed E-state index contributed by atoms with van der Waals surface area (Å²) >= 11 is 3.43. The lowest BCUT2D eigenvalue weighted by atomic mass is 10.2. The maximum Gasteiger partial charge on any atom is 0.321 e. The van der Waals surface area contributed by atoms with E-state index in [0.29, 0.717) is 26.2 Å². The molecule has 1 aromatic carbocycles. The van der Waals surface area contributed by atoms with E-state index in [1.165, 1.54) is 0 Å². The summed E-state index contributed by atoms with van der Waals surface area (Å²) in [6, 6.07) is 5.59. The number of halogens is 1. The highest BCUT2D eigenvalue weighted by molar-refractivity contribution is 9.10. The van der Waals surface area contributed by atoms with Gasteiger partial charge in [0.15, 0.2) is 0 Å². The van der Waals surface area contributed by atoms with Crippen molar-refractivity contribution < 1.29 is 9.59 Å². The fraction of sp³-hybridized carbons (Fsp3) is 0.429. The molecule has 3 amide bonds. The number of amides is 3. The zero-order valence-corrected chi connectivity index (χ0v) is 13.2. The largest absolute Gasteiger partial charge is 0.339 e. The third-order valence-electron chi connectivity index (χ3n) is 3.42. The summed E-state index contributed by atoms with van der Waals surface area (Å²) in [6.07, 6.45) is 0. The number of anilines is 1. The van der Waals surface area contributed by atoms with Gasteiger partial charge in [-0.15, -0.1) is 0 Å². The molecule has 0 spiro atoms. The van der Waals surface area contributed by atoms with Crippen LogP contribution in [-0.2, 0) is 4.79 Å². The fourth-order valence-electron chi connectivity index (χ4n) is 2.15. The highest BCUT2D eigenvalue weighted by Crippen LogP contribution is 2.20. The van der Waals surface area contributed by atoms with Gasteiger partial charge in [0.05, 0.1) is 0 Å². The number of nitrogens with zero attached hydrogens (tertiary/aromatic N) is 2. The van der Waals surface area contributed by atoms with Crippen molar-refractivity contribution in [2.45, 2.75) is 13.8 Å². The fourth-order valence-corrected chi connectivity index (χ4v) is 2.40. The third-order valence-corrected chi connectivity index (χ3v) is 4.31. The number of aryl methyl sites for hydroxylation is 1. The van der Waals surface area contributed by atoms with Crippen LogP contribution in [0, 0.1) is 6.92 Å². The zero-order valence-electron chi connectivity index (χ0n) is 11.6. The van der Waals surface area contributed by atoms with Crippen LogP contribution in [0.2, 0.25) is 0 Å². The molecule has 1 aliphatic heterocycles. The van der Waals surface area contributed by atoms with Gasteiger partial charge in [0, 0.05) is 43.3 Å². The quantitative estimate of drug-likeness (QED) is 0.854. The number of urea groups is 1. The Hall–Kier alpha value is -1.56. The van der Waals surface area contributed by atoms with Gasteiger partial charge in [0.25, 0.3) is 0 Å². The average Bonchev–Trinajstić information content (AvgIpc) is 2.43. The normalized spacial score (nSPS) is 15.2. The first-order valence-electron chi connectivity index (χ1n) is 6.55. The predicted molar refractivity (Wildman–Crippen MR) is 81.7 cm³/mol. The first kappa shape index (κ1) is 14.8. The Bertz CT molecular complexity index is 525. The van der Waals surface area contributed by atoms with Crippen molar-refractivity contribution in [1.82, 2.24) is 9.80 Å². The predicted octanol–water partition coefficient (Wildman–Crippen LogP) is 2.45. The molecule has 5 nitrogen and oxygen atoms in total. The summed E-state index contributed by atoms with van der Waals surface area (Å²) in [7, 11) is 0. The van der Waals surface area contributed by atoms with Gasteiger partial charge < -0.3 is 15.1 Å². The number of piperazine rings is 1. The highest BCUT2D eigenvalue weighted by Gasteiger charge is 2.22. The van der Waals surface area contributed by atoms with Crippen LogP contribution >= 0.6 is 15.9 Å². The molecule has 0 saturated carbocycles. The second kappa shape index (κ2) is 6.26. The number of hydrogen-bond donors (Lipinski definition) is 1. The van der Waals surface area contributed by atoms with Crippen molar-refractivity contribution in [3.63, 3.8) is 0 Å². The van der Waals surface area contributed by atoms with E-state index in [2.05, 4.69) is 21.2 Å². The van der Waals surface area contributed by atoms with E-state index in [-0.39, 0.29) is 11.9 Å². The lowest BCUT2D eigenvalue weighted by Gasteiger charge is -2.34. The van der Waals surface area contributed by atoms with Gasteiger partial charge in [-0.1, -0.05) is 15.9 Å². The van der Waals surface area contributed by atoms with E-state index in [4.69, 9.17) is 0 Å². The van der Waals surface area contributed by atoms with Gasteiger partial charge in [-0.25, -0.2) is 4.79 Å². The summed E-state index contributed by atoms with van der Waals surface area (Å²) in [4.78, 5) is 26.9. The van der Waals surface area contributed by atoms with Gasteiger partial charge >= 0.3 is 6.03 Å². The smallest absolute Gasteiger partial charge is 0.321 e. The van der Waals surface area contributed by atoms with Crippen LogP contribution in [0.3, 0.4) is 0 Å². The van der Waals surface area contributed by atoms with Crippen LogP contribution in [0.4, 0.5) is 10.5 Å². The number of nitrogens with one attached hydrogen (secondary N) is 1. The number of rotatable bonds is 1. The van der Waals surface area contributed by atoms with E-state index >= 15 is 0 Å². The van der Waals surface area contributed by atoms with Crippen molar-refractivity contribution in [3.8, 4) is 0 Å². The van der Waals surface area contributed by atoms with Crippen LogP contribution in [0.5, 0.6) is 0 Å². The third kappa shape index (κ3) is 3.50. The minimum Gasteiger partial charge on any atom is -0.339 e. The molecule has 1 aromatic rings. The monoisotopic (exact) mass is 339 g/mol. The number of hydrogen-bond acceptors (Lipinski definition) is 2. The van der Waals surface area contributed by atoms with Crippen molar-refractivity contribution in [2.75, 3.05) is 31.5 Å². The van der Waals surface area contributed by atoms with Crippen molar-refractivity contribution >= 4 is 33.6 Å². The van der Waals surface area contributed by atoms with Gasteiger partial charge in [-0.05, 0) is 30.7 Å². The average molecular weight is 340 g/mol. The van der Waals surface area contributed by atoms with Gasteiger partial charge in [0.2, 0.25) is 5.91 Å². The molecule has 20 heavy (non-hydrogen) atoms. The highest BCUT2D eigenvalue weighted by atomic mass is 79.9. The summed E-state index contributed by atoms with van der Waals surface area (Å²) < 4.78 is 1.02. The molecule has 1 fully saturated rings. The summed E-state index contributed by atoms with van der Waals surface area (Å²) in [5, 5.41) is 2.89. The van der Waals surface area contributed by atoms with Gasteiger partial charge in [-0.2, -0.15) is 0 Å². The molecule has 6 heteroatoms. The molecule has 1 N–H and O–H groups in total. The molecule has 1 aliphatic rings. The Kier molecular flexibility index (Phi) is 4.65. The molecule has 0 aliphatic carbocycles. The maximum atomic E-state index is 12.1. The second-order valence-electron chi connectivity index (χ2n) is 4.89. The van der Waals surface area contributed by atoms with E-state index in [0.717, 1.165) is 15.7 Å². The van der Waals surface area contributed by atoms with Crippen LogP contribution in [0.1, 0.15) is 12.5 Å². The van der Waals surface area contributed by atoms with Crippen molar-refractivity contribution in [1.29, 1.82) is 0 Å². The molecule has 0 aromatic heterocycles. The second-order valence-corrected chi connectivity index (χ2v) is 5.74. The number of carbonyl (C=O) groups excluding carboxylic acids is 2. The molecule has 0 radical (unpaired) electrons. The SMILES string of the molecule is CC(=O)N1CCN(C(=O)Nc2ccc(Br)c(C)c2)CC1. The topological polar surface area (TPSA) is 52.7 Å². The van der Waals surface area contributed by atoms with E-state index < -0.39 is 0 Å². The van der Waals surface area contributed by atoms with Gasteiger partial charge in [0.1, 0.15) is 0 Å². The van der Waals surface area contributed by atoms with Crippen molar-refractivity contribution in [2.24, 2.45) is 0 Å². The first-order chi connectivity index (χ1) is 9.47. The lowest BCUT2D eigenvalue weighted by Crippen LogP contribution is -2.51.